The molecular weight excluding hydrogens is 154 g/mol. The molecule has 3 heteroatoms. The van der Waals surface area contributed by atoms with E-state index >= 15 is 0 Å². The van der Waals surface area contributed by atoms with Gasteiger partial charge in [-0.15, -0.1) is 0 Å². The van der Waals surface area contributed by atoms with Gasteiger partial charge in [-0.25, -0.2) is 4.98 Å². The second-order valence-electron chi connectivity index (χ2n) is 2.41. The Kier molecular flexibility index (Phi) is 2.80. The van der Waals surface area contributed by atoms with Gasteiger partial charge in [0.05, 0.1) is 6.61 Å². The lowest BCUT2D eigenvalue weighted by Gasteiger charge is -2.04. The molecule has 0 amide bonds. The number of pyridine rings is 1. The predicted molar refractivity (Wildman–Crippen MR) is 45.5 cm³/mol. The van der Waals surface area contributed by atoms with Gasteiger partial charge in [-0.1, -0.05) is 6.07 Å². The van der Waals surface area contributed by atoms with E-state index in [0.717, 1.165) is 5.56 Å². The first-order valence-electron chi connectivity index (χ1n) is 3.83. The van der Waals surface area contributed by atoms with Gasteiger partial charge in [-0.3, -0.25) is 4.79 Å². The number of carbonyl (C=O) groups is 1. The first-order valence-corrected chi connectivity index (χ1v) is 3.83. The van der Waals surface area contributed by atoms with Crippen LogP contribution in [0, 0.1) is 6.92 Å². The first-order chi connectivity index (χ1) is 5.77. The average Bonchev–Trinajstić information content (AvgIpc) is 2.09. The van der Waals surface area contributed by atoms with Crippen molar-refractivity contribution in [1.29, 1.82) is 0 Å². The van der Waals surface area contributed by atoms with Crippen LogP contribution in [0.25, 0.3) is 0 Å². The zero-order valence-electron chi connectivity index (χ0n) is 7.20. The van der Waals surface area contributed by atoms with E-state index in [9.17, 15) is 4.79 Å². The lowest BCUT2D eigenvalue weighted by Crippen LogP contribution is -1.98. The normalized spacial score (nSPS) is 9.50. The van der Waals surface area contributed by atoms with Gasteiger partial charge in [0.25, 0.3) is 0 Å². The van der Waals surface area contributed by atoms with Crippen LogP contribution in [0.1, 0.15) is 23.0 Å². The molecule has 3 nitrogen and oxygen atoms in total. The summed E-state index contributed by atoms with van der Waals surface area (Å²) < 4.78 is 5.21. The van der Waals surface area contributed by atoms with Crippen molar-refractivity contribution in [3.63, 3.8) is 0 Å². The minimum atomic E-state index is 0.407. The van der Waals surface area contributed by atoms with Gasteiger partial charge in [-0.05, 0) is 19.9 Å². The van der Waals surface area contributed by atoms with Crippen LogP contribution in [-0.2, 0) is 0 Å². The molecule has 1 heterocycles. The van der Waals surface area contributed by atoms with Crippen LogP contribution in [0.15, 0.2) is 12.1 Å². The molecule has 1 aromatic rings. The zero-order chi connectivity index (χ0) is 8.97. The van der Waals surface area contributed by atoms with E-state index in [1.54, 1.807) is 6.07 Å². The van der Waals surface area contributed by atoms with Crippen molar-refractivity contribution in [2.24, 2.45) is 0 Å². The van der Waals surface area contributed by atoms with Crippen LogP contribution >= 0.6 is 0 Å². The second-order valence-corrected chi connectivity index (χ2v) is 2.41. The summed E-state index contributed by atoms with van der Waals surface area (Å²) in [6, 6.07) is 3.49. The van der Waals surface area contributed by atoms with E-state index in [-0.39, 0.29) is 0 Å². The monoisotopic (exact) mass is 165 g/mol. The third-order valence-electron chi connectivity index (χ3n) is 1.47. The molecule has 12 heavy (non-hydrogen) atoms. The Balaban J connectivity index is 2.99. The van der Waals surface area contributed by atoms with Crippen LogP contribution in [0.5, 0.6) is 5.88 Å². The molecule has 0 spiro atoms. The van der Waals surface area contributed by atoms with Gasteiger partial charge in [-0.2, -0.15) is 0 Å². The highest BCUT2D eigenvalue weighted by atomic mass is 16.5. The molecule has 0 aromatic carbocycles. The summed E-state index contributed by atoms with van der Waals surface area (Å²) in [5.74, 6) is 0.544. The van der Waals surface area contributed by atoms with Gasteiger partial charge in [0, 0.05) is 5.56 Å². The van der Waals surface area contributed by atoms with Crippen molar-refractivity contribution in [2.75, 3.05) is 6.61 Å². The smallest absolute Gasteiger partial charge is 0.216 e. The minimum absolute atomic E-state index is 0.407. The summed E-state index contributed by atoms with van der Waals surface area (Å²) in [5, 5.41) is 0. The lowest BCUT2D eigenvalue weighted by molar-refractivity contribution is 0.111. The largest absolute Gasteiger partial charge is 0.478 e. The molecule has 0 saturated carbocycles. The molecule has 1 rings (SSSR count). The van der Waals surface area contributed by atoms with Crippen LogP contribution in [0.3, 0.4) is 0 Å². The fraction of sp³-hybridized carbons (Fsp3) is 0.333. The number of hydrogen-bond acceptors (Lipinski definition) is 3. The number of nitrogens with zero attached hydrogens (tertiary/aromatic N) is 1. The molecule has 64 valence electrons. The Bertz CT molecular complexity index is 284. The molecule has 0 saturated heterocycles. The maximum Gasteiger partial charge on any atom is 0.216 e. The van der Waals surface area contributed by atoms with Crippen LogP contribution in [0.4, 0.5) is 0 Å². The summed E-state index contributed by atoms with van der Waals surface area (Å²) in [4.78, 5) is 14.3. The fourth-order valence-electron chi connectivity index (χ4n) is 0.873. The molecule has 0 N–H and O–H groups in total. The van der Waals surface area contributed by atoms with Crippen LogP contribution in [0.2, 0.25) is 0 Å². The van der Waals surface area contributed by atoms with Gasteiger partial charge in [0.1, 0.15) is 5.69 Å². The first kappa shape index (κ1) is 8.71. The fourth-order valence-corrected chi connectivity index (χ4v) is 0.873. The molecule has 0 radical (unpaired) electrons. The second kappa shape index (κ2) is 3.85. The molecular formula is C9H11NO2. The number of aldehydes is 1. The molecule has 0 fully saturated rings. The highest BCUT2D eigenvalue weighted by Crippen LogP contribution is 2.13. The summed E-state index contributed by atoms with van der Waals surface area (Å²) in [7, 11) is 0. The molecule has 0 bridgehead atoms. The zero-order valence-corrected chi connectivity index (χ0v) is 7.20. The third kappa shape index (κ3) is 1.81. The predicted octanol–water partition coefficient (Wildman–Crippen LogP) is 1.60. The van der Waals surface area contributed by atoms with E-state index in [1.807, 2.05) is 19.9 Å². The maximum absolute atomic E-state index is 10.4. The lowest BCUT2D eigenvalue weighted by atomic mass is 10.3. The topological polar surface area (TPSA) is 39.2 Å². The van der Waals surface area contributed by atoms with E-state index in [2.05, 4.69) is 4.98 Å². The van der Waals surface area contributed by atoms with Gasteiger partial charge < -0.3 is 4.74 Å². The number of carbonyl (C=O) groups excluding carboxylic acids is 1. The van der Waals surface area contributed by atoms with E-state index < -0.39 is 0 Å². The van der Waals surface area contributed by atoms with E-state index in [4.69, 9.17) is 4.74 Å². The van der Waals surface area contributed by atoms with Crippen molar-refractivity contribution >= 4 is 6.29 Å². The summed E-state index contributed by atoms with van der Waals surface area (Å²) in [5.41, 5.74) is 1.35. The number of aryl methyl sites for hydroxylation is 1. The Hall–Kier alpha value is -1.38. The van der Waals surface area contributed by atoms with E-state index in [1.165, 1.54) is 0 Å². The molecule has 0 aliphatic heterocycles. The number of aromatic nitrogens is 1. The molecule has 0 aliphatic carbocycles. The van der Waals surface area contributed by atoms with Crippen molar-refractivity contribution in [2.45, 2.75) is 13.8 Å². The van der Waals surface area contributed by atoms with Crippen LogP contribution in [-0.4, -0.2) is 17.9 Å². The van der Waals surface area contributed by atoms with Gasteiger partial charge in [0.15, 0.2) is 6.29 Å². The number of rotatable bonds is 3. The van der Waals surface area contributed by atoms with E-state index in [0.29, 0.717) is 24.5 Å². The van der Waals surface area contributed by atoms with Crippen molar-refractivity contribution in [3.8, 4) is 5.88 Å². The van der Waals surface area contributed by atoms with Crippen LogP contribution < -0.4 is 4.74 Å². The highest BCUT2D eigenvalue weighted by Gasteiger charge is 2.00. The Morgan fingerprint density at radius 1 is 1.58 bits per heavy atom. The minimum Gasteiger partial charge on any atom is -0.478 e. The average molecular weight is 165 g/mol. The van der Waals surface area contributed by atoms with Gasteiger partial charge >= 0.3 is 0 Å². The SMILES string of the molecule is CCOc1nc(C=O)ccc1C. The Labute approximate surface area is 71.4 Å². The van der Waals surface area contributed by atoms with Gasteiger partial charge in [0.2, 0.25) is 5.88 Å². The summed E-state index contributed by atoms with van der Waals surface area (Å²) in [6.45, 7) is 4.34. The third-order valence-corrected chi connectivity index (χ3v) is 1.47. The highest BCUT2D eigenvalue weighted by molar-refractivity contribution is 5.72. The van der Waals surface area contributed by atoms with Crippen molar-refractivity contribution in [3.05, 3.63) is 23.4 Å². The summed E-state index contributed by atoms with van der Waals surface area (Å²) >= 11 is 0. The molecule has 0 atom stereocenters. The standard InChI is InChI=1S/C9H11NO2/c1-3-12-9-7(2)4-5-8(6-11)10-9/h4-6H,3H2,1-2H3. The van der Waals surface area contributed by atoms with Crippen molar-refractivity contribution < 1.29 is 9.53 Å². The molecule has 1 aromatic heterocycles. The molecule has 0 aliphatic rings. The Morgan fingerprint density at radius 3 is 2.92 bits per heavy atom. The molecule has 0 unspecified atom stereocenters. The quantitative estimate of drug-likeness (QED) is 0.638. The summed E-state index contributed by atoms with van der Waals surface area (Å²) in [6.07, 6.45) is 0.710. The maximum atomic E-state index is 10.4. The Morgan fingerprint density at radius 2 is 2.33 bits per heavy atom. The number of ether oxygens (including phenoxy) is 1. The number of hydrogen-bond donors (Lipinski definition) is 0. The van der Waals surface area contributed by atoms with Crippen molar-refractivity contribution in [1.82, 2.24) is 4.98 Å².